The van der Waals surface area contributed by atoms with Gasteiger partial charge in [-0.3, -0.25) is 9.78 Å². The van der Waals surface area contributed by atoms with Gasteiger partial charge < -0.3 is 5.32 Å². The lowest BCUT2D eigenvalue weighted by Gasteiger charge is -2.39. The SMILES string of the molecule is O=C(N[C@@H]1CC[C@H]2CCCC[C@@H]2C1)c1cnc2ccccc2n1. The first-order valence-corrected chi connectivity index (χ1v) is 8.82. The molecule has 4 nitrogen and oxygen atoms in total. The zero-order chi connectivity index (χ0) is 15.6. The third kappa shape index (κ3) is 3.07. The number of hydrogen-bond donors (Lipinski definition) is 1. The average Bonchev–Trinajstić information content (AvgIpc) is 2.61. The third-order valence-corrected chi connectivity index (χ3v) is 5.56. The van der Waals surface area contributed by atoms with E-state index in [0.717, 1.165) is 35.7 Å². The molecule has 1 N–H and O–H groups in total. The predicted molar refractivity (Wildman–Crippen MR) is 90.1 cm³/mol. The number of nitrogens with one attached hydrogen (secondary N) is 1. The molecule has 2 aromatic rings. The van der Waals surface area contributed by atoms with Crippen molar-refractivity contribution in [2.24, 2.45) is 11.8 Å². The van der Waals surface area contributed by atoms with Crippen LogP contribution in [0.15, 0.2) is 30.5 Å². The number of benzene rings is 1. The van der Waals surface area contributed by atoms with Gasteiger partial charge in [0.1, 0.15) is 5.69 Å². The Morgan fingerprint density at radius 3 is 2.65 bits per heavy atom. The number of para-hydroxylation sites is 2. The second-order valence-corrected chi connectivity index (χ2v) is 7.03. The Hall–Kier alpha value is -1.97. The second-order valence-electron chi connectivity index (χ2n) is 7.03. The van der Waals surface area contributed by atoms with Crippen LogP contribution in [0.5, 0.6) is 0 Å². The molecule has 0 aliphatic heterocycles. The van der Waals surface area contributed by atoms with E-state index in [4.69, 9.17) is 0 Å². The van der Waals surface area contributed by atoms with E-state index in [1.165, 1.54) is 32.1 Å². The number of carbonyl (C=O) groups excluding carboxylic acids is 1. The lowest BCUT2D eigenvalue weighted by atomic mass is 9.69. The smallest absolute Gasteiger partial charge is 0.271 e. The lowest BCUT2D eigenvalue weighted by Crippen LogP contribution is -2.41. The average molecular weight is 309 g/mol. The fourth-order valence-electron chi connectivity index (χ4n) is 4.33. The number of fused-ring (bicyclic) bond motifs is 2. The Labute approximate surface area is 136 Å². The Morgan fingerprint density at radius 1 is 1.00 bits per heavy atom. The van der Waals surface area contributed by atoms with Crippen molar-refractivity contribution >= 4 is 16.9 Å². The van der Waals surface area contributed by atoms with Gasteiger partial charge in [0.05, 0.1) is 17.2 Å². The van der Waals surface area contributed by atoms with Crippen LogP contribution in [0.25, 0.3) is 11.0 Å². The zero-order valence-electron chi connectivity index (χ0n) is 13.4. The summed E-state index contributed by atoms with van der Waals surface area (Å²) in [6.07, 6.45) is 10.6. The van der Waals surface area contributed by atoms with Crippen molar-refractivity contribution in [3.63, 3.8) is 0 Å². The first kappa shape index (κ1) is 14.6. The van der Waals surface area contributed by atoms with Gasteiger partial charge in [-0.1, -0.05) is 37.8 Å². The summed E-state index contributed by atoms with van der Waals surface area (Å²) in [6, 6.07) is 7.96. The number of nitrogens with zero attached hydrogens (tertiary/aromatic N) is 2. The largest absolute Gasteiger partial charge is 0.348 e. The van der Waals surface area contributed by atoms with E-state index in [1.54, 1.807) is 6.20 Å². The fraction of sp³-hybridized carbons (Fsp3) is 0.526. The second kappa shape index (κ2) is 6.26. The van der Waals surface area contributed by atoms with Gasteiger partial charge in [0.15, 0.2) is 0 Å². The molecule has 0 saturated heterocycles. The quantitative estimate of drug-likeness (QED) is 0.920. The van der Waals surface area contributed by atoms with Gasteiger partial charge in [-0.25, -0.2) is 4.98 Å². The third-order valence-electron chi connectivity index (χ3n) is 5.56. The van der Waals surface area contributed by atoms with E-state index >= 15 is 0 Å². The van der Waals surface area contributed by atoms with Gasteiger partial charge in [0, 0.05) is 6.04 Å². The molecule has 1 aromatic heterocycles. The van der Waals surface area contributed by atoms with Gasteiger partial charge in [-0.2, -0.15) is 0 Å². The first-order chi connectivity index (χ1) is 11.3. The Bertz CT molecular complexity index is 715. The highest BCUT2D eigenvalue weighted by atomic mass is 16.1. The van der Waals surface area contributed by atoms with E-state index in [0.29, 0.717) is 11.7 Å². The van der Waals surface area contributed by atoms with Crippen LogP contribution in [-0.2, 0) is 0 Å². The molecule has 1 aromatic carbocycles. The molecule has 3 atom stereocenters. The van der Waals surface area contributed by atoms with Gasteiger partial charge in [0.25, 0.3) is 5.91 Å². The minimum Gasteiger partial charge on any atom is -0.348 e. The maximum Gasteiger partial charge on any atom is 0.271 e. The van der Waals surface area contributed by atoms with E-state index in [-0.39, 0.29) is 5.91 Å². The summed E-state index contributed by atoms with van der Waals surface area (Å²) in [6.45, 7) is 0. The molecule has 4 rings (SSSR count). The Balaban J connectivity index is 1.44. The first-order valence-electron chi connectivity index (χ1n) is 8.82. The maximum absolute atomic E-state index is 12.5. The molecule has 2 fully saturated rings. The van der Waals surface area contributed by atoms with Crippen LogP contribution in [0.1, 0.15) is 55.4 Å². The predicted octanol–water partition coefficient (Wildman–Crippen LogP) is 3.72. The van der Waals surface area contributed by atoms with Gasteiger partial charge in [-0.05, 0) is 43.2 Å². The minimum absolute atomic E-state index is 0.0810. The van der Waals surface area contributed by atoms with Crippen molar-refractivity contribution in [2.75, 3.05) is 0 Å². The molecule has 0 unspecified atom stereocenters. The highest BCUT2D eigenvalue weighted by Gasteiger charge is 2.32. The molecular weight excluding hydrogens is 286 g/mol. The van der Waals surface area contributed by atoms with E-state index in [1.807, 2.05) is 24.3 Å². The summed E-state index contributed by atoms with van der Waals surface area (Å²) in [4.78, 5) is 21.3. The maximum atomic E-state index is 12.5. The highest BCUT2D eigenvalue weighted by molar-refractivity contribution is 5.93. The standard InChI is InChI=1S/C19H23N3O/c23-19(18-12-20-16-7-3-4-8-17(16)22-18)21-15-10-9-13-5-1-2-6-14(13)11-15/h3-4,7-8,12-15H,1-2,5-6,9-11H2,(H,21,23)/t13-,14-,15-/m1/s1. The van der Waals surface area contributed by atoms with Crippen molar-refractivity contribution in [3.05, 3.63) is 36.2 Å². The van der Waals surface area contributed by atoms with Crippen molar-refractivity contribution in [1.29, 1.82) is 0 Å². The molecule has 0 bridgehead atoms. The van der Waals surface area contributed by atoms with Crippen LogP contribution in [0, 0.1) is 11.8 Å². The number of aromatic nitrogens is 2. The minimum atomic E-state index is -0.0810. The van der Waals surface area contributed by atoms with Crippen LogP contribution < -0.4 is 5.32 Å². The van der Waals surface area contributed by atoms with Crippen LogP contribution in [0.2, 0.25) is 0 Å². The van der Waals surface area contributed by atoms with E-state index in [9.17, 15) is 4.79 Å². The molecule has 0 spiro atoms. The van der Waals surface area contributed by atoms with Crippen LogP contribution in [0.4, 0.5) is 0 Å². The highest BCUT2D eigenvalue weighted by Crippen LogP contribution is 2.40. The molecule has 0 radical (unpaired) electrons. The molecule has 4 heteroatoms. The molecule has 2 aliphatic carbocycles. The molecular formula is C19H23N3O. The van der Waals surface area contributed by atoms with Crippen LogP contribution in [0.3, 0.4) is 0 Å². The monoisotopic (exact) mass is 309 g/mol. The van der Waals surface area contributed by atoms with Gasteiger partial charge in [-0.15, -0.1) is 0 Å². The summed E-state index contributed by atoms with van der Waals surface area (Å²) in [5.41, 5.74) is 2.03. The van der Waals surface area contributed by atoms with Crippen molar-refractivity contribution in [3.8, 4) is 0 Å². The number of rotatable bonds is 2. The molecule has 120 valence electrons. The summed E-state index contributed by atoms with van der Waals surface area (Å²) < 4.78 is 0. The van der Waals surface area contributed by atoms with Crippen LogP contribution in [-0.4, -0.2) is 21.9 Å². The summed E-state index contributed by atoms with van der Waals surface area (Å²) in [5.74, 6) is 1.63. The number of amides is 1. The van der Waals surface area contributed by atoms with Crippen LogP contribution >= 0.6 is 0 Å². The fourth-order valence-corrected chi connectivity index (χ4v) is 4.33. The molecule has 1 heterocycles. The molecule has 1 amide bonds. The van der Waals surface area contributed by atoms with Crippen molar-refractivity contribution in [1.82, 2.24) is 15.3 Å². The molecule has 23 heavy (non-hydrogen) atoms. The Morgan fingerprint density at radius 2 is 1.78 bits per heavy atom. The summed E-state index contributed by atoms with van der Waals surface area (Å²) >= 11 is 0. The van der Waals surface area contributed by atoms with Gasteiger partial charge >= 0.3 is 0 Å². The summed E-state index contributed by atoms with van der Waals surface area (Å²) in [7, 11) is 0. The van der Waals surface area contributed by atoms with Crippen molar-refractivity contribution in [2.45, 2.75) is 51.0 Å². The van der Waals surface area contributed by atoms with E-state index in [2.05, 4.69) is 15.3 Å². The van der Waals surface area contributed by atoms with Gasteiger partial charge in [0.2, 0.25) is 0 Å². The molecule has 2 saturated carbocycles. The van der Waals surface area contributed by atoms with E-state index < -0.39 is 0 Å². The molecule has 2 aliphatic rings. The topological polar surface area (TPSA) is 54.9 Å². The Kier molecular flexibility index (Phi) is 3.98. The van der Waals surface area contributed by atoms with Crippen molar-refractivity contribution < 1.29 is 4.79 Å². The number of hydrogen-bond acceptors (Lipinski definition) is 3. The normalized spacial score (nSPS) is 27.4. The zero-order valence-corrected chi connectivity index (χ0v) is 13.4. The summed E-state index contributed by atoms with van der Waals surface area (Å²) in [5, 5.41) is 3.19. The number of carbonyl (C=O) groups is 1. The lowest BCUT2D eigenvalue weighted by molar-refractivity contribution is 0.0874.